The fraction of sp³-hybridized carbons (Fsp3) is 0.712. The lowest BCUT2D eigenvalue weighted by Crippen LogP contribution is -2.45. The van der Waals surface area contributed by atoms with Crippen molar-refractivity contribution in [3.8, 4) is 0 Å². The van der Waals surface area contributed by atoms with E-state index in [1.54, 1.807) is 6.08 Å². The molecule has 3 atom stereocenters. The maximum Gasteiger partial charge on any atom is 0.268 e. The quantitative estimate of drug-likeness (QED) is 0.0272. The molecule has 0 radical (unpaired) electrons. The van der Waals surface area contributed by atoms with Crippen molar-refractivity contribution in [1.29, 1.82) is 0 Å². The van der Waals surface area contributed by atoms with E-state index >= 15 is 0 Å². The molecular formula is C59H105N2O6P. The number of phosphoric ester groups is 1. The lowest BCUT2D eigenvalue weighted by molar-refractivity contribution is -0.870. The number of quaternary nitrogens is 1. The Morgan fingerprint density at radius 2 is 0.912 bits per heavy atom. The molecule has 0 saturated carbocycles. The van der Waals surface area contributed by atoms with E-state index < -0.39 is 26.6 Å². The molecule has 0 aromatic carbocycles. The second-order valence-corrected chi connectivity index (χ2v) is 21.0. The molecule has 0 heterocycles. The minimum absolute atomic E-state index is 0.00902. The average molecular weight is 969 g/mol. The summed E-state index contributed by atoms with van der Waals surface area (Å²) >= 11 is 0. The predicted octanol–water partition coefficient (Wildman–Crippen LogP) is 16.0. The minimum Gasteiger partial charge on any atom is -0.756 e. The van der Waals surface area contributed by atoms with Gasteiger partial charge in [-0.2, -0.15) is 0 Å². The van der Waals surface area contributed by atoms with E-state index in [9.17, 15) is 19.4 Å². The van der Waals surface area contributed by atoms with Crippen LogP contribution < -0.4 is 10.2 Å². The predicted molar refractivity (Wildman–Crippen MR) is 293 cm³/mol. The highest BCUT2D eigenvalue weighted by atomic mass is 31.2. The summed E-state index contributed by atoms with van der Waals surface area (Å²) in [5, 5.41) is 13.7. The molecule has 0 aliphatic heterocycles. The highest BCUT2D eigenvalue weighted by Gasteiger charge is 2.23. The van der Waals surface area contributed by atoms with Crippen molar-refractivity contribution in [3.05, 3.63) is 97.2 Å². The Bertz CT molecular complexity index is 1420. The van der Waals surface area contributed by atoms with Crippen molar-refractivity contribution in [2.75, 3.05) is 40.9 Å². The third kappa shape index (κ3) is 51.3. The molecule has 1 amide bonds. The van der Waals surface area contributed by atoms with Gasteiger partial charge in [-0.3, -0.25) is 9.36 Å². The van der Waals surface area contributed by atoms with Gasteiger partial charge >= 0.3 is 0 Å². The third-order valence-corrected chi connectivity index (χ3v) is 12.7. The standard InChI is InChI=1S/C59H105N2O6P/c1-6-8-10-12-14-15-16-17-18-19-20-21-22-23-24-25-26-27-28-29-30-31-32-33-34-35-36-37-38-39-40-41-42-43-44-45-47-49-51-53-59(63)60-57(58(62)52-50-48-46-13-11-9-7-2)56-67-68(64,65)66-55-54-61(3,4)5/h8,10-11,13-15,17-18,20-21,23-24,26-27,50,52,57-58,62H,6-7,9,12,16,19,22,25,28-49,51,53-56H2,1-5H3,(H-,60,63,64,65)/b10-8-,13-11+,15-14-,18-17-,21-20-,24-23-,27-26-,52-50+. The molecule has 3 unspecified atom stereocenters. The molecule has 0 bridgehead atoms. The molecule has 8 nitrogen and oxygen atoms in total. The highest BCUT2D eigenvalue weighted by molar-refractivity contribution is 7.45. The normalized spacial score (nSPS) is 14.8. The summed E-state index contributed by atoms with van der Waals surface area (Å²) in [5.41, 5.74) is 0. The molecule has 0 rings (SSSR count). The van der Waals surface area contributed by atoms with E-state index in [1.165, 1.54) is 116 Å². The Labute approximate surface area is 419 Å². The number of rotatable bonds is 49. The maximum atomic E-state index is 12.8. The van der Waals surface area contributed by atoms with Gasteiger partial charge in [0.2, 0.25) is 5.91 Å². The van der Waals surface area contributed by atoms with Gasteiger partial charge in [0.15, 0.2) is 0 Å². The van der Waals surface area contributed by atoms with Gasteiger partial charge in [0.1, 0.15) is 13.2 Å². The molecule has 2 N–H and O–H groups in total. The van der Waals surface area contributed by atoms with E-state index in [-0.39, 0.29) is 12.5 Å². The van der Waals surface area contributed by atoms with Crippen molar-refractivity contribution >= 4 is 13.7 Å². The monoisotopic (exact) mass is 969 g/mol. The second kappa shape index (κ2) is 49.4. The van der Waals surface area contributed by atoms with E-state index in [4.69, 9.17) is 9.05 Å². The van der Waals surface area contributed by atoms with Crippen LogP contribution in [0.2, 0.25) is 0 Å². The number of likely N-dealkylation sites (N-methyl/N-ethyl adjacent to an activating group) is 1. The smallest absolute Gasteiger partial charge is 0.268 e. The van der Waals surface area contributed by atoms with Crippen LogP contribution >= 0.6 is 7.82 Å². The van der Waals surface area contributed by atoms with Crippen LogP contribution in [0.1, 0.15) is 219 Å². The second-order valence-electron chi connectivity index (χ2n) is 19.5. The van der Waals surface area contributed by atoms with Gasteiger partial charge < -0.3 is 28.8 Å². The first-order valence-corrected chi connectivity index (χ1v) is 29.1. The van der Waals surface area contributed by atoms with E-state index in [0.717, 1.165) is 83.5 Å². The number of aliphatic hydroxyl groups is 1. The molecular weight excluding hydrogens is 864 g/mol. The molecule has 0 fully saturated rings. The number of carbonyl (C=O) groups is 1. The number of amides is 1. The average Bonchev–Trinajstić information content (AvgIpc) is 3.30. The lowest BCUT2D eigenvalue weighted by Gasteiger charge is -2.29. The summed E-state index contributed by atoms with van der Waals surface area (Å²) in [7, 11) is 1.23. The maximum absolute atomic E-state index is 12.8. The van der Waals surface area contributed by atoms with Crippen molar-refractivity contribution in [3.63, 3.8) is 0 Å². The van der Waals surface area contributed by atoms with Crippen LogP contribution in [0.3, 0.4) is 0 Å². The first kappa shape index (κ1) is 65.4. The summed E-state index contributed by atoms with van der Waals surface area (Å²) in [6, 6.07) is -0.902. The third-order valence-electron chi connectivity index (χ3n) is 11.8. The molecule has 0 aliphatic rings. The zero-order chi connectivity index (χ0) is 49.9. The number of nitrogens with one attached hydrogen (secondary N) is 1. The largest absolute Gasteiger partial charge is 0.756 e. The number of aliphatic hydroxyl groups excluding tert-OH is 1. The molecule has 0 spiro atoms. The van der Waals surface area contributed by atoms with Gasteiger partial charge in [-0.15, -0.1) is 0 Å². The van der Waals surface area contributed by atoms with Gasteiger partial charge in [-0.25, -0.2) is 0 Å². The van der Waals surface area contributed by atoms with Crippen LogP contribution in [0.5, 0.6) is 0 Å². The van der Waals surface area contributed by atoms with E-state index in [2.05, 4.69) is 104 Å². The zero-order valence-electron chi connectivity index (χ0n) is 44.5. The number of phosphoric acid groups is 1. The molecule has 392 valence electrons. The van der Waals surface area contributed by atoms with Crippen LogP contribution in [-0.2, 0) is 18.4 Å². The van der Waals surface area contributed by atoms with Crippen LogP contribution in [0.15, 0.2) is 97.2 Å². The minimum atomic E-state index is -4.59. The van der Waals surface area contributed by atoms with Crippen molar-refractivity contribution in [1.82, 2.24) is 5.32 Å². The Hall–Kier alpha value is -2.58. The molecule has 0 aromatic heterocycles. The Kier molecular flexibility index (Phi) is 47.5. The van der Waals surface area contributed by atoms with Gasteiger partial charge in [-0.1, -0.05) is 233 Å². The van der Waals surface area contributed by atoms with Crippen molar-refractivity contribution in [2.24, 2.45) is 0 Å². The number of hydrogen-bond acceptors (Lipinski definition) is 6. The Balaban J connectivity index is 3.83. The van der Waals surface area contributed by atoms with Gasteiger partial charge in [0.05, 0.1) is 39.9 Å². The van der Waals surface area contributed by atoms with E-state index in [1.807, 2.05) is 27.2 Å². The van der Waals surface area contributed by atoms with Crippen LogP contribution in [0.4, 0.5) is 0 Å². The van der Waals surface area contributed by atoms with Gasteiger partial charge in [0, 0.05) is 6.42 Å². The summed E-state index contributed by atoms with van der Waals surface area (Å²) in [6.07, 6.45) is 71.1. The lowest BCUT2D eigenvalue weighted by atomic mass is 10.0. The molecule has 0 aliphatic carbocycles. The summed E-state index contributed by atoms with van der Waals surface area (Å²) in [4.78, 5) is 25.2. The fourth-order valence-electron chi connectivity index (χ4n) is 7.47. The van der Waals surface area contributed by atoms with E-state index in [0.29, 0.717) is 17.4 Å². The van der Waals surface area contributed by atoms with Gasteiger partial charge in [0.25, 0.3) is 7.82 Å². The summed E-state index contributed by atoms with van der Waals surface area (Å²) in [5.74, 6) is -0.213. The topological polar surface area (TPSA) is 108 Å². The fourth-order valence-corrected chi connectivity index (χ4v) is 8.20. The SMILES string of the molecule is CC/C=C\C/C=C\C/C=C\C/C=C\C/C=C\C/C=C\CCCCCCCCCCCCCCCCCCCCCCC(=O)NC(COP(=O)([O-])OCC[N+](C)(C)C)C(O)/C=C/CC/C=C/CCC. The Morgan fingerprint density at radius 1 is 0.529 bits per heavy atom. The first-order chi connectivity index (χ1) is 33.0. The van der Waals surface area contributed by atoms with Crippen LogP contribution in [-0.4, -0.2) is 68.5 Å². The van der Waals surface area contributed by atoms with Gasteiger partial charge in [-0.05, 0) is 77.0 Å². The van der Waals surface area contributed by atoms with Crippen LogP contribution in [0.25, 0.3) is 0 Å². The van der Waals surface area contributed by atoms with Crippen molar-refractivity contribution < 1.29 is 32.9 Å². The number of hydrogen-bond donors (Lipinski definition) is 2. The number of nitrogens with zero attached hydrogens (tertiary/aromatic N) is 1. The molecule has 0 aromatic rings. The number of allylic oxidation sites excluding steroid dienone is 15. The molecule has 9 heteroatoms. The molecule has 68 heavy (non-hydrogen) atoms. The summed E-state index contributed by atoms with van der Waals surface area (Å²) < 4.78 is 23.1. The van der Waals surface area contributed by atoms with Crippen LogP contribution in [0, 0.1) is 0 Å². The number of unbranched alkanes of at least 4 members (excludes halogenated alkanes) is 22. The van der Waals surface area contributed by atoms with Crippen molar-refractivity contribution in [2.45, 2.75) is 231 Å². The highest BCUT2D eigenvalue weighted by Crippen LogP contribution is 2.38. The zero-order valence-corrected chi connectivity index (χ0v) is 45.4. The Morgan fingerprint density at radius 3 is 1.35 bits per heavy atom. The number of carbonyl (C=O) groups excluding carboxylic acids is 1. The summed E-state index contributed by atoms with van der Waals surface area (Å²) in [6.45, 7) is 4.39. The first-order valence-electron chi connectivity index (χ1n) is 27.6. The molecule has 0 saturated heterocycles.